The van der Waals surface area contributed by atoms with Crippen LogP contribution in [0.4, 0.5) is 0 Å². The third kappa shape index (κ3) is 2.72. The third-order valence-electron chi connectivity index (χ3n) is 3.60. The number of carbonyl (C=O) groups excluding carboxylic acids is 3. The maximum Gasteiger partial charge on any atom is 0.274 e. The molecule has 0 aromatic heterocycles. The Kier molecular flexibility index (Phi) is 3.91. The van der Waals surface area contributed by atoms with Crippen LogP contribution in [0.25, 0.3) is 0 Å². The number of nitrogens with one attached hydrogen (secondary N) is 1. The molecule has 6 nitrogen and oxygen atoms in total. The van der Waals surface area contributed by atoms with E-state index in [1.807, 2.05) is 0 Å². The standard InChI is InChI=1S/C17H14N2O4/c1-23-18-15(20)12-6-4-5-11(9-12)10-19-16(21)13-7-2-3-8-14(13)17(19)22/h2-9H,10H2,1H3,(H,18,20). The van der Waals surface area contributed by atoms with Gasteiger partial charge >= 0.3 is 0 Å². The van der Waals surface area contributed by atoms with Gasteiger partial charge in [-0.05, 0) is 29.8 Å². The highest BCUT2D eigenvalue weighted by Gasteiger charge is 2.34. The van der Waals surface area contributed by atoms with E-state index in [9.17, 15) is 14.4 Å². The summed E-state index contributed by atoms with van der Waals surface area (Å²) in [6.45, 7) is 0.112. The van der Waals surface area contributed by atoms with E-state index in [2.05, 4.69) is 10.3 Å². The van der Waals surface area contributed by atoms with Crippen LogP contribution in [0.5, 0.6) is 0 Å². The van der Waals surface area contributed by atoms with Gasteiger partial charge in [-0.3, -0.25) is 24.1 Å². The average Bonchev–Trinajstić information content (AvgIpc) is 2.81. The fraction of sp³-hybridized carbons (Fsp3) is 0.118. The van der Waals surface area contributed by atoms with E-state index in [4.69, 9.17) is 0 Å². The van der Waals surface area contributed by atoms with Gasteiger partial charge in [0.05, 0.1) is 24.8 Å². The minimum absolute atomic E-state index is 0.112. The summed E-state index contributed by atoms with van der Waals surface area (Å²) in [5, 5.41) is 0. The molecule has 0 bridgehead atoms. The second kappa shape index (κ2) is 6.02. The lowest BCUT2D eigenvalue weighted by atomic mass is 10.1. The number of rotatable bonds is 4. The first-order valence-electron chi connectivity index (χ1n) is 6.99. The molecule has 0 saturated heterocycles. The fourth-order valence-electron chi connectivity index (χ4n) is 2.53. The summed E-state index contributed by atoms with van der Waals surface area (Å²) < 4.78 is 0. The van der Waals surface area contributed by atoms with E-state index < -0.39 is 5.91 Å². The van der Waals surface area contributed by atoms with Crippen molar-refractivity contribution in [1.29, 1.82) is 0 Å². The number of hydrogen-bond donors (Lipinski definition) is 1. The van der Waals surface area contributed by atoms with E-state index in [1.54, 1.807) is 48.5 Å². The predicted molar refractivity (Wildman–Crippen MR) is 81.6 cm³/mol. The van der Waals surface area contributed by atoms with Crippen molar-refractivity contribution in [3.63, 3.8) is 0 Å². The second-order valence-corrected chi connectivity index (χ2v) is 5.08. The molecule has 0 saturated carbocycles. The van der Waals surface area contributed by atoms with E-state index >= 15 is 0 Å². The number of hydroxylamine groups is 1. The van der Waals surface area contributed by atoms with Crippen LogP contribution in [0, 0.1) is 0 Å². The van der Waals surface area contributed by atoms with Gasteiger partial charge in [-0.25, -0.2) is 5.48 Å². The Morgan fingerprint density at radius 3 is 2.30 bits per heavy atom. The Morgan fingerprint density at radius 1 is 1.04 bits per heavy atom. The number of hydrogen-bond acceptors (Lipinski definition) is 4. The van der Waals surface area contributed by atoms with Crippen molar-refractivity contribution in [2.45, 2.75) is 6.54 Å². The van der Waals surface area contributed by atoms with Crippen LogP contribution < -0.4 is 5.48 Å². The summed E-state index contributed by atoms with van der Waals surface area (Å²) in [6, 6.07) is 13.4. The Morgan fingerprint density at radius 2 is 1.70 bits per heavy atom. The summed E-state index contributed by atoms with van der Waals surface area (Å²) in [5.41, 5.74) is 4.12. The molecule has 0 aliphatic carbocycles. The molecule has 0 fully saturated rings. The van der Waals surface area contributed by atoms with Gasteiger partial charge < -0.3 is 0 Å². The van der Waals surface area contributed by atoms with Gasteiger partial charge in [-0.1, -0.05) is 24.3 Å². The van der Waals surface area contributed by atoms with Crippen LogP contribution >= 0.6 is 0 Å². The first-order chi connectivity index (χ1) is 11.1. The number of fused-ring (bicyclic) bond motifs is 1. The van der Waals surface area contributed by atoms with Crippen molar-refractivity contribution >= 4 is 17.7 Å². The molecule has 1 heterocycles. The summed E-state index contributed by atoms with van der Waals surface area (Å²) in [6.07, 6.45) is 0. The molecule has 0 radical (unpaired) electrons. The Balaban J connectivity index is 1.84. The van der Waals surface area contributed by atoms with E-state index in [0.29, 0.717) is 22.3 Å². The molecule has 0 unspecified atom stereocenters. The van der Waals surface area contributed by atoms with Crippen molar-refractivity contribution in [1.82, 2.24) is 10.4 Å². The molecule has 2 aromatic carbocycles. The van der Waals surface area contributed by atoms with Crippen LogP contribution in [0.2, 0.25) is 0 Å². The van der Waals surface area contributed by atoms with Crippen LogP contribution in [-0.4, -0.2) is 29.7 Å². The summed E-state index contributed by atoms with van der Waals surface area (Å²) in [4.78, 5) is 42.2. The second-order valence-electron chi connectivity index (χ2n) is 5.08. The van der Waals surface area contributed by atoms with E-state index in [-0.39, 0.29) is 18.4 Å². The largest absolute Gasteiger partial charge is 0.277 e. The zero-order valence-corrected chi connectivity index (χ0v) is 12.4. The van der Waals surface area contributed by atoms with Crippen molar-refractivity contribution < 1.29 is 19.2 Å². The molecule has 23 heavy (non-hydrogen) atoms. The zero-order chi connectivity index (χ0) is 16.4. The molecular weight excluding hydrogens is 296 g/mol. The Labute approximate surface area is 132 Å². The van der Waals surface area contributed by atoms with Gasteiger partial charge in [0.2, 0.25) is 0 Å². The fourth-order valence-corrected chi connectivity index (χ4v) is 2.53. The molecule has 116 valence electrons. The molecule has 6 heteroatoms. The maximum atomic E-state index is 12.3. The summed E-state index contributed by atoms with van der Waals surface area (Å²) in [7, 11) is 1.35. The predicted octanol–water partition coefficient (Wildman–Crippen LogP) is 1.77. The highest BCUT2D eigenvalue weighted by atomic mass is 16.6. The van der Waals surface area contributed by atoms with Crippen molar-refractivity contribution in [2.75, 3.05) is 7.11 Å². The molecular formula is C17H14N2O4. The Bertz CT molecular complexity index is 766. The topological polar surface area (TPSA) is 75.7 Å². The lowest BCUT2D eigenvalue weighted by Crippen LogP contribution is -2.29. The lowest BCUT2D eigenvalue weighted by Gasteiger charge is -2.14. The number of imide groups is 1. The number of carbonyl (C=O) groups is 3. The van der Waals surface area contributed by atoms with Crippen molar-refractivity contribution in [2.24, 2.45) is 0 Å². The van der Waals surface area contributed by atoms with E-state index in [0.717, 1.165) is 0 Å². The number of benzene rings is 2. The highest BCUT2D eigenvalue weighted by molar-refractivity contribution is 6.21. The SMILES string of the molecule is CONC(=O)c1cccc(CN2C(=O)c3ccccc3C2=O)c1. The minimum Gasteiger partial charge on any atom is -0.277 e. The first-order valence-corrected chi connectivity index (χ1v) is 6.99. The minimum atomic E-state index is -0.392. The zero-order valence-electron chi connectivity index (χ0n) is 12.4. The van der Waals surface area contributed by atoms with Gasteiger partial charge in [-0.2, -0.15) is 0 Å². The third-order valence-corrected chi connectivity index (χ3v) is 3.60. The smallest absolute Gasteiger partial charge is 0.274 e. The Hall–Kier alpha value is -2.99. The average molecular weight is 310 g/mol. The molecule has 2 aromatic rings. The van der Waals surface area contributed by atoms with Gasteiger partial charge in [0.1, 0.15) is 0 Å². The normalized spacial score (nSPS) is 13.2. The molecule has 1 N–H and O–H groups in total. The quantitative estimate of drug-likeness (QED) is 0.690. The van der Waals surface area contributed by atoms with Gasteiger partial charge in [0.25, 0.3) is 17.7 Å². The first kappa shape index (κ1) is 14.9. The summed E-state index contributed by atoms with van der Waals surface area (Å²) in [5.74, 6) is -1.04. The monoisotopic (exact) mass is 310 g/mol. The van der Waals surface area contributed by atoms with Crippen LogP contribution in [0.1, 0.15) is 36.6 Å². The van der Waals surface area contributed by atoms with Gasteiger partial charge in [0.15, 0.2) is 0 Å². The maximum absolute atomic E-state index is 12.3. The molecule has 3 rings (SSSR count). The van der Waals surface area contributed by atoms with Crippen LogP contribution in [-0.2, 0) is 11.4 Å². The highest BCUT2D eigenvalue weighted by Crippen LogP contribution is 2.24. The van der Waals surface area contributed by atoms with Gasteiger partial charge in [0, 0.05) is 5.56 Å². The summed E-state index contributed by atoms with van der Waals surface area (Å²) >= 11 is 0. The molecule has 0 spiro atoms. The molecule has 1 aliphatic heterocycles. The number of nitrogens with zero attached hydrogens (tertiary/aromatic N) is 1. The molecule has 3 amide bonds. The van der Waals surface area contributed by atoms with Gasteiger partial charge in [-0.15, -0.1) is 0 Å². The molecule has 0 atom stereocenters. The molecule has 1 aliphatic rings. The van der Waals surface area contributed by atoms with E-state index in [1.165, 1.54) is 12.0 Å². The van der Waals surface area contributed by atoms with Crippen molar-refractivity contribution in [3.05, 3.63) is 70.8 Å². The number of amides is 3. The van der Waals surface area contributed by atoms with Crippen LogP contribution in [0.15, 0.2) is 48.5 Å². The van der Waals surface area contributed by atoms with Crippen molar-refractivity contribution in [3.8, 4) is 0 Å². The van der Waals surface area contributed by atoms with Crippen LogP contribution in [0.3, 0.4) is 0 Å². The lowest BCUT2D eigenvalue weighted by molar-refractivity contribution is 0.0537.